The van der Waals surface area contributed by atoms with E-state index >= 15 is 0 Å². The standard InChI is InChI=1S/C9H11F3N2S/c10-9(11,12)8-14-4-6(15-8)7(13)5-2-1-3-5/h4-5,7H,1-3,13H2. The van der Waals surface area contributed by atoms with Crippen LogP contribution in [0, 0.1) is 5.92 Å². The molecule has 15 heavy (non-hydrogen) atoms. The van der Waals surface area contributed by atoms with Gasteiger partial charge in [-0.1, -0.05) is 6.42 Å². The molecule has 2 rings (SSSR count). The molecule has 0 aliphatic heterocycles. The Hall–Kier alpha value is -0.620. The van der Waals surface area contributed by atoms with Crippen molar-refractivity contribution < 1.29 is 13.2 Å². The molecule has 1 unspecified atom stereocenters. The van der Waals surface area contributed by atoms with Crippen LogP contribution in [0.5, 0.6) is 0 Å². The summed E-state index contributed by atoms with van der Waals surface area (Å²) >= 11 is 0.664. The van der Waals surface area contributed by atoms with E-state index in [-0.39, 0.29) is 6.04 Å². The second-order valence-corrected chi connectivity index (χ2v) is 4.84. The van der Waals surface area contributed by atoms with E-state index in [1.165, 1.54) is 6.20 Å². The molecule has 2 N–H and O–H groups in total. The fourth-order valence-electron chi connectivity index (χ4n) is 1.60. The molecule has 1 saturated carbocycles. The minimum atomic E-state index is -4.34. The summed E-state index contributed by atoms with van der Waals surface area (Å²) in [5.74, 6) is 0.339. The maximum atomic E-state index is 12.3. The van der Waals surface area contributed by atoms with Crippen molar-refractivity contribution in [3.63, 3.8) is 0 Å². The highest BCUT2D eigenvalue weighted by molar-refractivity contribution is 7.11. The van der Waals surface area contributed by atoms with Crippen LogP contribution in [0.2, 0.25) is 0 Å². The van der Waals surface area contributed by atoms with E-state index in [4.69, 9.17) is 5.73 Å². The topological polar surface area (TPSA) is 38.9 Å². The van der Waals surface area contributed by atoms with Crippen molar-refractivity contribution in [1.82, 2.24) is 4.98 Å². The molecule has 2 nitrogen and oxygen atoms in total. The van der Waals surface area contributed by atoms with Crippen LogP contribution in [0.25, 0.3) is 0 Å². The summed E-state index contributed by atoms with van der Waals surface area (Å²) in [4.78, 5) is 3.91. The molecule has 1 fully saturated rings. The monoisotopic (exact) mass is 236 g/mol. The third-order valence-corrected chi connectivity index (χ3v) is 3.90. The van der Waals surface area contributed by atoms with Crippen molar-refractivity contribution in [2.24, 2.45) is 11.7 Å². The lowest BCUT2D eigenvalue weighted by Gasteiger charge is -2.30. The fourth-order valence-corrected chi connectivity index (χ4v) is 2.48. The first-order valence-corrected chi connectivity index (χ1v) is 5.58. The van der Waals surface area contributed by atoms with Crippen LogP contribution >= 0.6 is 11.3 Å². The molecule has 1 aromatic heterocycles. The predicted molar refractivity (Wildman–Crippen MR) is 51.4 cm³/mol. The SMILES string of the molecule is NC(c1cnc(C(F)(F)F)s1)C1CCC1. The van der Waals surface area contributed by atoms with Gasteiger partial charge in [0.2, 0.25) is 0 Å². The Morgan fingerprint density at radius 1 is 1.47 bits per heavy atom. The number of halogens is 3. The summed E-state index contributed by atoms with van der Waals surface area (Å²) in [6.45, 7) is 0. The highest BCUT2D eigenvalue weighted by Gasteiger charge is 2.36. The van der Waals surface area contributed by atoms with Crippen molar-refractivity contribution in [2.45, 2.75) is 31.5 Å². The molecule has 0 amide bonds. The lowest BCUT2D eigenvalue weighted by molar-refractivity contribution is -0.137. The van der Waals surface area contributed by atoms with Crippen LogP contribution in [0.4, 0.5) is 13.2 Å². The van der Waals surface area contributed by atoms with Crippen LogP contribution < -0.4 is 5.73 Å². The van der Waals surface area contributed by atoms with E-state index in [2.05, 4.69) is 4.98 Å². The Balaban J connectivity index is 2.12. The molecule has 0 spiro atoms. The number of aromatic nitrogens is 1. The van der Waals surface area contributed by atoms with E-state index in [0.29, 0.717) is 22.1 Å². The minimum Gasteiger partial charge on any atom is -0.323 e. The van der Waals surface area contributed by atoms with Crippen LogP contribution in [-0.4, -0.2) is 4.98 Å². The lowest BCUT2D eigenvalue weighted by atomic mass is 9.80. The van der Waals surface area contributed by atoms with Gasteiger partial charge >= 0.3 is 6.18 Å². The number of hydrogen-bond acceptors (Lipinski definition) is 3. The summed E-state index contributed by atoms with van der Waals surface area (Å²) in [6.07, 6.45) is 0.0723. The molecular formula is C9H11F3N2S. The van der Waals surface area contributed by atoms with Gasteiger partial charge in [0.1, 0.15) is 0 Å². The molecule has 84 valence electrons. The van der Waals surface area contributed by atoms with E-state index in [9.17, 15) is 13.2 Å². The fraction of sp³-hybridized carbons (Fsp3) is 0.667. The molecule has 6 heteroatoms. The third kappa shape index (κ3) is 2.15. The van der Waals surface area contributed by atoms with E-state index < -0.39 is 11.2 Å². The van der Waals surface area contributed by atoms with Gasteiger partial charge < -0.3 is 5.73 Å². The molecule has 0 bridgehead atoms. The highest BCUT2D eigenvalue weighted by atomic mass is 32.1. The number of nitrogens with two attached hydrogens (primary N) is 1. The molecule has 0 saturated heterocycles. The minimum absolute atomic E-state index is 0.271. The number of nitrogens with zero attached hydrogens (tertiary/aromatic N) is 1. The van der Waals surface area contributed by atoms with Crippen LogP contribution in [-0.2, 0) is 6.18 Å². The molecular weight excluding hydrogens is 225 g/mol. The van der Waals surface area contributed by atoms with E-state index in [0.717, 1.165) is 19.3 Å². The summed E-state index contributed by atoms with van der Waals surface area (Å²) in [6, 6.07) is -0.271. The normalized spacial score (nSPS) is 20.0. The zero-order chi connectivity index (χ0) is 11.1. The molecule has 0 radical (unpaired) electrons. The lowest BCUT2D eigenvalue weighted by Crippen LogP contribution is -2.26. The van der Waals surface area contributed by atoms with E-state index in [1.54, 1.807) is 0 Å². The van der Waals surface area contributed by atoms with Crippen molar-refractivity contribution in [2.75, 3.05) is 0 Å². The van der Waals surface area contributed by atoms with Gasteiger partial charge in [0.25, 0.3) is 0 Å². The van der Waals surface area contributed by atoms with Gasteiger partial charge in [0.15, 0.2) is 5.01 Å². The molecule has 1 heterocycles. The summed E-state index contributed by atoms with van der Waals surface area (Å²) < 4.78 is 36.8. The van der Waals surface area contributed by atoms with Gasteiger partial charge in [0, 0.05) is 17.1 Å². The maximum absolute atomic E-state index is 12.3. The van der Waals surface area contributed by atoms with Gasteiger partial charge in [-0.25, -0.2) is 4.98 Å². The van der Waals surface area contributed by atoms with E-state index in [1.807, 2.05) is 0 Å². The van der Waals surface area contributed by atoms with Crippen LogP contribution in [0.1, 0.15) is 35.2 Å². The van der Waals surface area contributed by atoms with Crippen LogP contribution in [0.15, 0.2) is 6.20 Å². The number of thiazole rings is 1. The molecule has 1 aromatic rings. The Labute approximate surface area is 89.3 Å². The Kier molecular flexibility index (Phi) is 2.72. The van der Waals surface area contributed by atoms with Crippen LogP contribution in [0.3, 0.4) is 0 Å². The van der Waals surface area contributed by atoms with Crippen molar-refractivity contribution in [3.05, 3.63) is 16.1 Å². The number of hydrogen-bond donors (Lipinski definition) is 1. The smallest absolute Gasteiger partial charge is 0.323 e. The number of alkyl halides is 3. The van der Waals surface area contributed by atoms with Gasteiger partial charge in [0.05, 0.1) is 0 Å². The van der Waals surface area contributed by atoms with Gasteiger partial charge in [-0.3, -0.25) is 0 Å². The average Bonchev–Trinajstić information content (AvgIpc) is 2.46. The van der Waals surface area contributed by atoms with Gasteiger partial charge in [-0.05, 0) is 18.8 Å². The summed E-state index contributed by atoms with van der Waals surface area (Å²) in [5.41, 5.74) is 5.86. The Morgan fingerprint density at radius 3 is 2.53 bits per heavy atom. The second-order valence-electron chi connectivity index (χ2n) is 3.78. The zero-order valence-corrected chi connectivity index (χ0v) is 8.74. The molecule has 1 atom stereocenters. The maximum Gasteiger partial charge on any atom is 0.443 e. The first kappa shape index (κ1) is 10.9. The third-order valence-electron chi connectivity index (χ3n) is 2.75. The molecule has 0 aromatic carbocycles. The van der Waals surface area contributed by atoms with Crippen molar-refractivity contribution in [1.29, 1.82) is 0 Å². The zero-order valence-electron chi connectivity index (χ0n) is 7.92. The highest BCUT2D eigenvalue weighted by Crippen LogP contribution is 2.40. The Bertz CT molecular complexity index is 343. The quantitative estimate of drug-likeness (QED) is 0.857. The average molecular weight is 236 g/mol. The van der Waals surface area contributed by atoms with Gasteiger partial charge in [-0.2, -0.15) is 13.2 Å². The molecule has 1 aliphatic carbocycles. The van der Waals surface area contributed by atoms with Crippen molar-refractivity contribution in [3.8, 4) is 0 Å². The first-order valence-electron chi connectivity index (χ1n) is 4.77. The second kappa shape index (κ2) is 3.75. The Morgan fingerprint density at radius 2 is 2.13 bits per heavy atom. The number of rotatable bonds is 2. The predicted octanol–water partition coefficient (Wildman–Crippen LogP) is 2.96. The summed E-state index contributed by atoms with van der Waals surface area (Å²) in [5, 5.41) is -0.799. The van der Waals surface area contributed by atoms with Gasteiger partial charge in [-0.15, -0.1) is 11.3 Å². The van der Waals surface area contributed by atoms with Crippen molar-refractivity contribution >= 4 is 11.3 Å². The first-order chi connectivity index (χ1) is 6.98. The summed E-state index contributed by atoms with van der Waals surface area (Å²) in [7, 11) is 0. The largest absolute Gasteiger partial charge is 0.443 e. The molecule has 1 aliphatic rings.